The molecular weight excluding hydrogens is 574 g/mol. The van der Waals surface area contributed by atoms with Gasteiger partial charge >= 0.3 is 6.09 Å². The third-order valence-electron chi connectivity index (χ3n) is 7.35. The monoisotopic (exact) mass is 612 g/mol. The maximum Gasteiger partial charge on any atom is 0.407 e. The molecule has 3 N–H and O–H groups in total. The Kier molecular flexibility index (Phi) is 10.5. The number of fused-ring (bicyclic) bond motifs is 1. The van der Waals surface area contributed by atoms with E-state index < -0.39 is 64.9 Å². The van der Waals surface area contributed by atoms with Crippen LogP contribution >= 0.6 is 0 Å². The minimum atomic E-state index is -4.11. The van der Waals surface area contributed by atoms with E-state index in [1.54, 1.807) is 6.92 Å². The van der Waals surface area contributed by atoms with Crippen LogP contribution < -0.4 is 5.32 Å². The number of rotatable bonds is 12. The molecule has 2 aliphatic heterocycles. The van der Waals surface area contributed by atoms with E-state index in [4.69, 9.17) is 14.2 Å². The molecule has 2 fully saturated rings. The first-order valence-corrected chi connectivity index (χ1v) is 15.4. The van der Waals surface area contributed by atoms with Gasteiger partial charge in [-0.25, -0.2) is 22.0 Å². The highest BCUT2D eigenvalue weighted by Gasteiger charge is 2.44. The highest BCUT2D eigenvalue weighted by Crippen LogP contribution is 2.33. The lowest BCUT2D eigenvalue weighted by molar-refractivity contribution is -0.0907. The summed E-state index contributed by atoms with van der Waals surface area (Å²) in [7, 11) is -4.11. The second-order valence-corrected chi connectivity index (χ2v) is 13.2. The molecule has 0 aliphatic carbocycles. The molecule has 0 bridgehead atoms. The first kappa shape index (κ1) is 32.2. The summed E-state index contributed by atoms with van der Waals surface area (Å²) in [6, 6.07) is 7.46. The number of hydrogen-bond acceptors (Lipinski definition) is 8. The summed E-state index contributed by atoms with van der Waals surface area (Å²) >= 11 is 0. The Morgan fingerprint density at radius 1 is 1.07 bits per heavy atom. The van der Waals surface area contributed by atoms with Crippen LogP contribution in [0.4, 0.5) is 13.6 Å². The van der Waals surface area contributed by atoms with E-state index in [0.717, 1.165) is 16.4 Å². The largest absolute Gasteiger partial charge is 0.443 e. The van der Waals surface area contributed by atoms with Crippen LogP contribution in [0.1, 0.15) is 44.4 Å². The molecule has 42 heavy (non-hydrogen) atoms. The van der Waals surface area contributed by atoms with Crippen LogP contribution in [0, 0.1) is 23.5 Å². The molecule has 2 aromatic carbocycles. The van der Waals surface area contributed by atoms with Gasteiger partial charge in [-0.2, -0.15) is 4.31 Å². The summed E-state index contributed by atoms with van der Waals surface area (Å²) in [6.07, 6.45) is -3.75. The second-order valence-electron chi connectivity index (χ2n) is 11.2. The first-order valence-electron chi connectivity index (χ1n) is 13.9. The van der Waals surface area contributed by atoms with Crippen molar-refractivity contribution in [3.05, 3.63) is 65.2 Å². The predicted octanol–water partition coefficient (Wildman–Crippen LogP) is 3.12. The van der Waals surface area contributed by atoms with Crippen molar-refractivity contribution in [2.75, 3.05) is 26.3 Å². The van der Waals surface area contributed by atoms with Gasteiger partial charge in [-0.05, 0) is 61.1 Å². The third kappa shape index (κ3) is 8.03. The smallest absolute Gasteiger partial charge is 0.407 e. The Balaban J connectivity index is 1.55. The molecule has 10 nitrogen and oxygen atoms in total. The van der Waals surface area contributed by atoms with Crippen molar-refractivity contribution in [2.24, 2.45) is 11.8 Å². The molecule has 0 radical (unpaired) electrons. The average molecular weight is 613 g/mol. The number of nitrogens with one attached hydrogen (secondary N) is 1. The molecule has 232 valence electrons. The number of aliphatic hydroxyl groups excluding tert-OH is 2. The van der Waals surface area contributed by atoms with E-state index in [9.17, 15) is 32.2 Å². The first-order chi connectivity index (χ1) is 19.8. The quantitative estimate of drug-likeness (QED) is 0.333. The van der Waals surface area contributed by atoms with Crippen molar-refractivity contribution >= 4 is 16.1 Å². The molecule has 0 saturated carbocycles. The van der Waals surface area contributed by atoms with Gasteiger partial charge in [0.25, 0.3) is 0 Å². The number of nitrogens with zero attached hydrogens (tertiary/aromatic N) is 1. The number of carbonyl (C=O) groups is 1. The van der Waals surface area contributed by atoms with E-state index in [2.05, 4.69) is 5.32 Å². The van der Waals surface area contributed by atoms with Gasteiger partial charge in [0.15, 0.2) is 6.29 Å². The molecule has 13 heteroatoms. The molecular formula is C29H38F2N2O8S. The lowest BCUT2D eigenvalue weighted by Gasteiger charge is -2.31. The fourth-order valence-electron chi connectivity index (χ4n) is 5.22. The normalized spacial score (nSPS) is 22.6. The molecule has 0 aromatic heterocycles. The Morgan fingerprint density at radius 2 is 1.74 bits per heavy atom. The number of carbonyl (C=O) groups excluding carboxylic acids is 1. The van der Waals surface area contributed by atoms with E-state index in [-0.39, 0.29) is 41.9 Å². The van der Waals surface area contributed by atoms with E-state index in [0.29, 0.717) is 24.7 Å². The zero-order chi connectivity index (χ0) is 30.6. The number of hydrogen-bond donors (Lipinski definition) is 3. The third-order valence-corrected chi connectivity index (χ3v) is 9.19. The molecule has 2 saturated heterocycles. The average Bonchev–Trinajstić information content (AvgIpc) is 3.52. The van der Waals surface area contributed by atoms with Gasteiger partial charge in [0.2, 0.25) is 10.0 Å². The maximum atomic E-state index is 14.0. The Morgan fingerprint density at radius 3 is 2.36 bits per heavy atom. The zero-order valence-corrected chi connectivity index (χ0v) is 24.6. The van der Waals surface area contributed by atoms with Crippen LogP contribution in [0.2, 0.25) is 0 Å². The lowest BCUT2D eigenvalue weighted by atomic mass is 10.0. The lowest BCUT2D eigenvalue weighted by Crippen LogP contribution is -2.51. The van der Waals surface area contributed by atoms with Crippen LogP contribution in [0.25, 0.3) is 0 Å². The van der Waals surface area contributed by atoms with Gasteiger partial charge in [0, 0.05) is 19.2 Å². The summed E-state index contributed by atoms with van der Waals surface area (Å²) in [5.74, 6) is -1.92. The fourth-order valence-corrected chi connectivity index (χ4v) is 6.84. The van der Waals surface area contributed by atoms with E-state index in [1.165, 1.54) is 24.3 Å². The Bertz CT molecular complexity index is 1310. The summed E-state index contributed by atoms with van der Waals surface area (Å²) in [5, 5.41) is 23.7. The number of halogens is 2. The van der Waals surface area contributed by atoms with Gasteiger partial charge in [-0.15, -0.1) is 0 Å². The number of ether oxygens (including phenoxy) is 3. The van der Waals surface area contributed by atoms with Crippen LogP contribution in [0.5, 0.6) is 0 Å². The standard InChI is InChI=1S/C29H38F2N2O8S/c1-17(2)14-33(42(37,38)23-6-4-20(5-7-23)18(3)34)15-26(35)25(12-19-10-21(30)13-22(31)11-19)32-29(36)41-27-16-40-28-24(27)8-9-39-28/h4-7,10-11,13,17-18,24-28,34-35H,8-9,12,14-16H2,1-3H3,(H,32,36)/t18-,24-,25-,26+,27-,28+/m0/s1. The van der Waals surface area contributed by atoms with Crippen LogP contribution in [-0.4, -0.2) is 79.9 Å². The molecule has 0 spiro atoms. The van der Waals surface area contributed by atoms with Crippen molar-refractivity contribution in [1.29, 1.82) is 0 Å². The number of sulfonamides is 1. The Labute approximate surface area is 244 Å². The fraction of sp³-hybridized carbons (Fsp3) is 0.552. The van der Waals surface area contributed by atoms with Gasteiger partial charge in [0.1, 0.15) is 17.7 Å². The molecule has 2 aliphatic rings. The van der Waals surface area contributed by atoms with Gasteiger partial charge in [-0.3, -0.25) is 0 Å². The minimum absolute atomic E-state index is 0.0366. The Hall–Kier alpha value is -2.68. The van der Waals surface area contributed by atoms with Gasteiger partial charge in [-0.1, -0.05) is 26.0 Å². The summed E-state index contributed by atoms with van der Waals surface area (Å²) in [5.41, 5.74) is 0.690. The van der Waals surface area contributed by atoms with E-state index >= 15 is 0 Å². The van der Waals surface area contributed by atoms with Crippen LogP contribution in [-0.2, 0) is 30.7 Å². The molecule has 4 rings (SSSR count). The molecule has 2 aromatic rings. The highest BCUT2D eigenvalue weighted by molar-refractivity contribution is 7.89. The van der Waals surface area contributed by atoms with Crippen LogP contribution in [0.3, 0.4) is 0 Å². The SMILES string of the molecule is CC(C)CN(C[C@@H](O)[C@H](Cc1cc(F)cc(F)c1)NC(=O)O[C@H]1CO[C@H]2OCC[C@H]21)S(=O)(=O)c1ccc([C@H](C)O)cc1. The maximum absolute atomic E-state index is 14.0. The molecule has 6 atom stereocenters. The number of alkyl carbamates (subject to hydrolysis) is 1. The van der Waals surface area contributed by atoms with Gasteiger partial charge < -0.3 is 29.7 Å². The van der Waals surface area contributed by atoms with Crippen molar-refractivity contribution < 1.29 is 46.4 Å². The summed E-state index contributed by atoms with van der Waals surface area (Å²) < 4.78 is 72.8. The van der Waals surface area contributed by atoms with Crippen molar-refractivity contribution in [1.82, 2.24) is 9.62 Å². The summed E-state index contributed by atoms with van der Waals surface area (Å²) in [4.78, 5) is 12.9. The van der Waals surface area contributed by atoms with Crippen molar-refractivity contribution in [2.45, 2.75) is 69.2 Å². The van der Waals surface area contributed by atoms with Crippen molar-refractivity contribution in [3.63, 3.8) is 0 Å². The second kappa shape index (κ2) is 13.7. The number of benzene rings is 2. The van der Waals surface area contributed by atoms with Gasteiger partial charge in [0.05, 0.1) is 42.3 Å². The molecule has 0 unspecified atom stereocenters. The van der Waals surface area contributed by atoms with Crippen LogP contribution in [0.15, 0.2) is 47.4 Å². The number of aliphatic hydroxyl groups is 2. The van der Waals surface area contributed by atoms with Crippen molar-refractivity contribution in [3.8, 4) is 0 Å². The highest BCUT2D eigenvalue weighted by atomic mass is 32.2. The minimum Gasteiger partial charge on any atom is -0.443 e. The molecule has 1 amide bonds. The predicted molar refractivity (Wildman–Crippen MR) is 148 cm³/mol. The topological polar surface area (TPSA) is 135 Å². The number of amides is 1. The van der Waals surface area contributed by atoms with E-state index in [1.807, 2.05) is 13.8 Å². The zero-order valence-electron chi connectivity index (χ0n) is 23.8. The summed E-state index contributed by atoms with van der Waals surface area (Å²) in [6.45, 7) is 5.44. The molecule has 2 heterocycles.